The van der Waals surface area contributed by atoms with Gasteiger partial charge in [0.1, 0.15) is 11.4 Å². The summed E-state index contributed by atoms with van der Waals surface area (Å²) >= 11 is 0. The molecular weight excluding hydrogens is 345 g/mol. The summed E-state index contributed by atoms with van der Waals surface area (Å²) in [5.74, 6) is -0.342. The van der Waals surface area contributed by atoms with Crippen molar-refractivity contribution in [2.45, 2.75) is 6.18 Å². The highest BCUT2D eigenvalue weighted by Gasteiger charge is 2.36. The van der Waals surface area contributed by atoms with E-state index < -0.39 is 11.9 Å². The zero-order valence-electron chi connectivity index (χ0n) is 14.0. The third-order valence-electron chi connectivity index (χ3n) is 3.68. The van der Waals surface area contributed by atoms with Gasteiger partial charge in [-0.2, -0.15) is 18.3 Å². The highest BCUT2D eigenvalue weighted by atomic mass is 19.4. The smallest absolute Gasteiger partial charge is 0.343 e. The van der Waals surface area contributed by atoms with Crippen LogP contribution in [0.25, 0.3) is 16.9 Å². The van der Waals surface area contributed by atoms with E-state index in [4.69, 9.17) is 0 Å². The van der Waals surface area contributed by atoms with Crippen molar-refractivity contribution in [3.8, 4) is 16.9 Å². The van der Waals surface area contributed by atoms with Gasteiger partial charge < -0.3 is 4.90 Å². The number of alkyl halides is 3. The average molecular weight is 360 g/mol. The first kappa shape index (κ1) is 17.7. The molecule has 26 heavy (non-hydrogen) atoms. The van der Waals surface area contributed by atoms with Gasteiger partial charge in [-0.3, -0.25) is 9.78 Å². The molecule has 1 aromatic carbocycles. The summed E-state index contributed by atoms with van der Waals surface area (Å²) in [6, 6.07) is 12.0. The molecule has 0 saturated heterocycles. The maximum absolute atomic E-state index is 13.4. The Kier molecular flexibility index (Phi) is 4.50. The first-order valence-corrected chi connectivity index (χ1v) is 7.68. The van der Waals surface area contributed by atoms with Crippen LogP contribution in [0.5, 0.6) is 0 Å². The zero-order chi connectivity index (χ0) is 18.9. The zero-order valence-corrected chi connectivity index (χ0v) is 14.0. The SMILES string of the molecule is CN(C)C(=O)c1cc(-c2cc(C(F)(F)F)n(-c3ccccc3)n2)ccn1. The minimum atomic E-state index is -4.57. The minimum Gasteiger partial charge on any atom is -0.343 e. The van der Waals surface area contributed by atoms with Gasteiger partial charge in [0.2, 0.25) is 0 Å². The predicted molar refractivity (Wildman–Crippen MR) is 89.8 cm³/mol. The van der Waals surface area contributed by atoms with Crippen LogP contribution in [0.2, 0.25) is 0 Å². The molecule has 0 N–H and O–H groups in total. The molecular formula is C18H15F3N4O. The third kappa shape index (κ3) is 3.44. The van der Waals surface area contributed by atoms with E-state index in [2.05, 4.69) is 10.1 Å². The second kappa shape index (κ2) is 6.62. The Morgan fingerprint density at radius 2 is 1.77 bits per heavy atom. The monoisotopic (exact) mass is 360 g/mol. The molecule has 0 bridgehead atoms. The van der Waals surface area contributed by atoms with Crippen molar-refractivity contribution in [2.75, 3.05) is 14.1 Å². The molecule has 5 nitrogen and oxygen atoms in total. The molecule has 3 aromatic rings. The van der Waals surface area contributed by atoms with Crippen molar-refractivity contribution in [3.05, 3.63) is 66.1 Å². The van der Waals surface area contributed by atoms with Crippen molar-refractivity contribution < 1.29 is 18.0 Å². The molecule has 0 saturated carbocycles. The van der Waals surface area contributed by atoms with Crippen LogP contribution < -0.4 is 0 Å². The molecule has 1 amide bonds. The van der Waals surface area contributed by atoms with Crippen LogP contribution in [0, 0.1) is 0 Å². The quantitative estimate of drug-likeness (QED) is 0.716. The first-order valence-electron chi connectivity index (χ1n) is 7.68. The lowest BCUT2D eigenvalue weighted by atomic mass is 10.1. The van der Waals surface area contributed by atoms with Gasteiger partial charge in [-0.05, 0) is 30.3 Å². The molecule has 0 aliphatic rings. The Bertz CT molecular complexity index is 933. The van der Waals surface area contributed by atoms with Crippen LogP contribution in [0.15, 0.2) is 54.7 Å². The fraction of sp³-hybridized carbons (Fsp3) is 0.167. The van der Waals surface area contributed by atoms with Crippen molar-refractivity contribution in [1.29, 1.82) is 0 Å². The number of hydrogen-bond donors (Lipinski definition) is 0. The predicted octanol–water partition coefficient (Wildman–Crippen LogP) is 3.65. The van der Waals surface area contributed by atoms with Crippen LogP contribution >= 0.6 is 0 Å². The van der Waals surface area contributed by atoms with Gasteiger partial charge in [0.05, 0.1) is 11.4 Å². The van der Waals surface area contributed by atoms with Crippen LogP contribution in [-0.2, 0) is 6.18 Å². The van der Waals surface area contributed by atoms with E-state index in [0.717, 1.165) is 10.7 Å². The number of rotatable bonds is 3. The molecule has 8 heteroatoms. The van der Waals surface area contributed by atoms with Gasteiger partial charge in [-0.25, -0.2) is 4.68 Å². The molecule has 134 valence electrons. The normalized spacial score (nSPS) is 11.4. The molecule has 2 heterocycles. The number of benzene rings is 1. The molecule has 0 unspecified atom stereocenters. The fourth-order valence-electron chi connectivity index (χ4n) is 2.43. The topological polar surface area (TPSA) is 51.0 Å². The molecule has 3 rings (SSSR count). The Hall–Kier alpha value is -3.16. The van der Waals surface area contributed by atoms with Crippen molar-refractivity contribution in [2.24, 2.45) is 0 Å². The summed E-state index contributed by atoms with van der Waals surface area (Å²) in [6.45, 7) is 0. The average Bonchev–Trinajstić information content (AvgIpc) is 3.08. The van der Waals surface area contributed by atoms with Gasteiger partial charge in [0.15, 0.2) is 0 Å². The lowest BCUT2D eigenvalue weighted by Gasteiger charge is -2.09. The number of carbonyl (C=O) groups is 1. The van der Waals surface area contributed by atoms with Crippen LogP contribution in [0.1, 0.15) is 16.2 Å². The summed E-state index contributed by atoms with van der Waals surface area (Å²) in [5, 5.41) is 4.11. The molecule has 0 radical (unpaired) electrons. The van der Waals surface area contributed by atoms with Crippen LogP contribution in [-0.4, -0.2) is 39.7 Å². The third-order valence-corrected chi connectivity index (χ3v) is 3.68. The number of nitrogens with zero attached hydrogens (tertiary/aromatic N) is 4. The van der Waals surface area contributed by atoms with E-state index in [1.54, 1.807) is 44.4 Å². The van der Waals surface area contributed by atoms with E-state index in [1.807, 2.05) is 0 Å². The highest BCUT2D eigenvalue weighted by molar-refractivity contribution is 5.93. The summed E-state index contributed by atoms with van der Waals surface area (Å²) in [6.07, 6.45) is -3.20. The summed E-state index contributed by atoms with van der Waals surface area (Å²) < 4.78 is 41.2. The van der Waals surface area contributed by atoms with Crippen LogP contribution in [0.4, 0.5) is 13.2 Å². The lowest BCUT2D eigenvalue weighted by Crippen LogP contribution is -2.22. The lowest BCUT2D eigenvalue weighted by molar-refractivity contribution is -0.142. The van der Waals surface area contributed by atoms with Gasteiger partial charge in [-0.1, -0.05) is 18.2 Å². The van der Waals surface area contributed by atoms with Gasteiger partial charge in [0, 0.05) is 25.9 Å². The van der Waals surface area contributed by atoms with Crippen molar-refractivity contribution in [3.63, 3.8) is 0 Å². The molecule has 0 atom stereocenters. The first-order chi connectivity index (χ1) is 12.3. The second-order valence-electron chi connectivity index (χ2n) is 5.79. The number of aromatic nitrogens is 3. The molecule has 0 spiro atoms. The maximum atomic E-state index is 13.4. The standard InChI is InChI=1S/C18H15F3N4O/c1-24(2)17(26)15-10-12(8-9-22-15)14-11-16(18(19,20)21)25(23-14)13-6-4-3-5-7-13/h3-11H,1-2H3. The minimum absolute atomic E-state index is 0.108. The Labute approximate surface area is 147 Å². The number of carbonyl (C=O) groups excluding carboxylic acids is 1. The summed E-state index contributed by atoms with van der Waals surface area (Å²) in [7, 11) is 3.14. The number of para-hydroxylation sites is 1. The molecule has 0 aliphatic carbocycles. The number of amides is 1. The van der Waals surface area contributed by atoms with Gasteiger partial charge in [-0.15, -0.1) is 0 Å². The summed E-state index contributed by atoms with van der Waals surface area (Å²) in [5.41, 5.74) is 0.0257. The van der Waals surface area contributed by atoms with E-state index in [-0.39, 0.29) is 17.3 Å². The Morgan fingerprint density at radius 1 is 1.08 bits per heavy atom. The molecule has 0 fully saturated rings. The van der Waals surface area contributed by atoms with Crippen molar-refractivity contribution in [1.82, 2.24) is 19.7 Å². The van der Waals surface area contributed by atoms with E-state index in [0.29, 0.717) is 11.3 Å². The fourth-order valence-corrected chi connectivity index (χ4v) is 2.43. The summed E-state index contributed by atoms with van der Waals surface area (Å²) in [4.78, 5) is 17.4. The number of hydrogen-bond acceptors (Lipinski definition) is 3. The maximum Gasteiger partial charge on any atom is 0.433 e. The van der Waals surface area contributed by atoms with Crippen LogP contribution in [0.3, 0.4) is 0 Å². The van der Waals surface area contributed by atoms with Crippen molar-refractivity contribution >= 4 is 5.91 Å². The highest BCUT2D eigenvalue weighted by Crippen LogP contribution is 2.34. The van der Waals surface area contributed by atoms with E-state index in [1.165, 1.54) is 23.2 Å². The Morgan fingerprint density at radius 3 is 2.38 bits per heavy atom. The van der Waals surface area contributed by atoms with Gasteiger partial charge >= 0.3 is 6.18 Å². The number of halogens is 3. The van der Waals surface area contributed by atoms with E-state index in [9.17, 15) is 18.0 Å². The Balaban J connectivity index is 2.12. The second-order valence-corrected chi connectivity index (χ2v) is 5.79. The van der Waals surface area contributed by atoms with E-state index >= 15 is 0 Å². The molecule has 2 aromatic heterocycles. The van der Waals surface area contributed by atoms with Gasteiger partial charge in [0.25, 0.3) is 5.91 Å². The largest absolute Gasteiger partial charge is 0.433 e. The molecule has 0 aliphatic heterocycles. The number of pyridine rings is 1.